The van der Waals surface area contributed by atoms with Gasteiger partial charge in [0.15, 0.2) is 11.2 Å². The molecule has 25 heavy (non-hydrogen) atoms. The van der Waals surface area contributed by atoms with Crippen molar-refractivity contribution in [1.82, 2.24) is 0 Å². The Bertz CT molecular complexity index is 931. The Morgan fingerprint density at radius 1 is 1.16 bits per heavy atom. The summed E-state index contributed by atoms with van der Waals surface area (Å²) in [5.74, 6) is -1.20. The molecule has 0 amide bonds. The Morgan fingerprint density at radius 3 is 2.52 bits per heavy atom. The zero-order chi connectivity index (χ0) is 17.8. The van der Waals surface area contributed by atoms with Crippen LogP contribution in [0.4, 0.5) is 0 Å². The highest BCUT2D eigenvalue weighted by atomic mass is 16.5. The molecule has 2 aromatic carbocycles. The predicted octanol–water partition coefficient (Wildman–Crippen LogP) is 2.39. The zero-order valence-corrected chi connectivity index (χ0v) is 13.9. The van der Waals surface area contributed by atoms with E-state index in [4.69, 9.17) is 4.74 Å². The minimum atomic E-state index is -1.94. The summed E-state index contributed by atoms with van der Waals surface area (Å²) in [7, 11) is 1.22. The van der Waals surface area contributed by atoms with Crippen LogP contribution in [0.5, 0.6) is 0 Å². The highest BCUT2D eigenvalue weighted by Crippen LogP contribution is 2.57. The summed E-state index contributed by atoms with van der Waals surface area (Å²) in [6.45, 7) is 1.97. The molecule has 1 N–H and O–H groups in total. The SMILES string of the molecule is COC(=O)[C@@]12CC(c3ccc(C)cc3)=N[C@]1(O)c1ccccc1C2=O. The molecule has 2 aliphatic rings. The number of fused-ring (bicyclic) bond motifs is 3. The normalized spacial score (nSPS) is 26.8. The smallest absolute Gasteiger partial charge is 0.325 e. The quantitative estimate of drug-likeness (QED) is 0.675. The van der Waals surface area contributed by atoms with Gasteiger partial charge in [0.1, 0.15) is 0 Å². The van der Waals surface area contributed by atoms with Crippen LogP contribution in [0.2, 0.25) is 0 Å². The molecule has 2 atom stereocenters. The van der Waals surface area contributed by atoms with Crippen molar-refractivity contribution >= 4 is 17.5 Å². The summed E-state index contributed by atoms with van der Waals surface area (Å²) in [4.78, 5) is 30.2. The number of benzene rings is 2. The molecular formula is C20H17NO4. The molecule has 2 aromatic rings. The van der Waals surface area contributed by atoms with Gasteiger partial charge in [-0.3, -0.25) is 9.59 Å². The first-order valence-electron chi connectivity index (χ1n) is 8.05. The highest BCUT2D eigenvalue weighted by molar-refractivity contribution is 6.23. The number of Topliss-reactive ketones (excluding diaryl/α,β-unsaturated/α-hetero) is 1. The maximum absolute atomic E-state index is 13.1. The van der Waals surface area contributed by atoms with Crippen LogP contribution < -0.4 is 0 Å². The minimum absolute atomic E-state index is 0.00669. The van der Waals surface area contributed by atoms with E-state index in [1.807, 2.05) is 31.2 Å². The van der Waals surface area contributed by atoms with E-state index in [0.717, 1.165) is 11.1 Å². The van der Waals surface area contributed by atoms with Gasteiger partial charge in [-0.1, -0.05) is 54.1 Å². The van der Waals surface area contributed by atoms with E-state index in [2.05, 4.69) is 4.99 Å². The first kappa shape index (κ1) is 15.7. The van der Waals surface area contributed by atoms with E-state index in [0.29, 0.717) is 16.8 Å². The summed E-state index contributed by atoms with van der Waals surface area (Å²) < 4.78 is 4.92. The van der Waals surface area contributed by atoms with Gasteiger partial charge < -0.3 is 9.84 Å². The van der Waals surface area contributed by atoms with E-state index in [-0.39, 0.29) is 6.42 Å². The predicted molar refractivity (Wildman–Crippen MR) is 91.5 cm³/mol. The molecule has 0 unspecified atom stereocenters. The second-order valence-electron chi connectivity index (χ2n) is 6.55. The molecule has 0 saturated heterocycles. The number of nitrogens with zero attached hydrogens (tertiary/aromatic N) is 1. The number of carbonyl (C=O) groups is 2. The number of carbonyl (C=O) groups excluding carboxylic acids is 2. The molecule has 0 spiro atoms. The average molecular weight is 335 g/mol. The summed E-state index contributed by atoms with van der Waals surface area (Å²) in [6, 6.07) is 14.3. The van der Waals surface area contributed by atoms with Gasteiger partial charge in [-0.15, -0.1) is 0 Å². The monoisotopic (exact) mass is 335 g/mol. The van der Waals surface area contributed by atoms with Crippen molar-refractivity contribution in [2.45, 2.75) is 19.1 Å². The molecule has 4 rings (SSSR count). The maximum Gasteiger partial charge on any atom is 0.325 e. The molecule has 0 fully saturated rings. The topological polar surface area (TPSA) is 76.0 Å². The molecule has 0 bridgehead atoms. The fourth-order valence-corrected chi connectivity index (χ4v) is 3.84. The Morgan fingerprint density at radius 2 is 1.84 bits per heavy atom. The lowest BCUT2D eigenvalue weighted by atomic mass is 9.75. The Balaban J connectivity index is 1.94. The summed E-state index contributed by atoms with van der Waals surface area (Å²) in [5.41, 5.74) is -0.627. The van der Waals surface area contributed by atoms with Crippen LogP contribution in [0, 0.1) is 12.3 Å². The summed E-state index contributed by atoms with van der Waals surface area (Å²) in [5, 5.41) is 11.4. The minimum Gasteiger partial charge on any atom is -0.468 e. The van der Waals surface area contributed by atoms with Gasteiger partial charge in [-0.25, -0.2) is 4.99 Å². The Kier molecular flexibility index (Phi) is 3.21. The van der Waals surface area contributed by atoms with Gasteiger partial charge in [0.2, 0.25) is 5.72 Å². The van der Waals surface area contributed by atoms with E-state index < -0.39 is 22.9 Å². The van der Waals surface area contributed by atoms with Crippen LogP contribution >= 0.6 is 0 Å². The molecule has 1 aliphatic carbocycles. The number of hydrogen-bond donors (Lipinski definition) is 1. The number of aliphatic hydroxyl groups is 1. The lowest BCUT2D eigenvalue weighted by Gasteiger charge is -2.30. The van der Waals surface area contributed by atoms with Gasteiger partial charge in [-0.2, -0.15) is 0 Å². The van der Waals surface area contributed by atoms with Crippen molar-refractivity contribution < 1.29 is 19.4 Å². The number of aliphatic imine (C=N–C) groups is 1. The van der Waals surface area contributed by atoms with Crippen molar-refractivity contribution in [2.75, 3.05) is 7.11 Å². The third-order valence-corrected chi connectivity index (χ3v) is 5.18. The van der Waals surface area contributed by atoms with E-state index in [1.165, 1.54) is 7.11 Å². The fraction of sp³-hybridized carbons (Fsp3) is 0.250. The standard InChI is InChI=1S/C20H17NO4/c1-12-7-9-13(10-8-12)16-11-19(18(23)25-2)17(22)14-5-3-4-6-15(14)20(19,24)21-16/h3-10,24H,11H2,1-2H3/t19-,20-/m0/s1. The number of aryl methyl sites for hydroxylation is 1. The van der Waals surface area contributed by atoms with Crippen LogP contribution in [-0.4, -0.2) is 29.7 Å². The van der Waals surface area contributed by atoms with E-state index in [9.17, 15) is 14.7 Å². The van der Waals surface area contributed by atoms with Gasteiger partial charge in [0.25, 0.3) is 0 Å². The molecule has 0 radical (unpaired) electrons. The Labute approximate surface area is 145 Å². The van der Waals surface area contributed by atoms with Crippen LogP contribution in [0.15, 0.2) is 53.5 Å². The molecule has 0 aromatic heterocycles. The fourth-order valence-electron chi connectivity index (χ4n) is 3.84. The number of ether oxygens (including phenoxy) is 1. The Hall–Kier alpha value is -2.79. The first-order chi connectivity index (χ1) is 11.9. The number of hydrogen-bond acceptors (Lipinski definition) is 5. The van der Waals surface area contributed by atoms with Crippen LogP contribution in [0.3, 0.4) is 0 Å². The summed E-state index contributed by atoms with van der Waals surface area (Å²) >= 11 is 0. The zero-order valence-electron chi connectivity index (χ0n) is 13.9. The van der Waals surface area contributed by atoms with Crippen LogP contribution in [0.1, 0.15) is 33.5 Å². The summed E-state index contributed by atoms with van der Waals surface area (Å²) in [6.07, 6.45) is 0.00669. The average Bonchev–Trinajstić information content (AvgIpc) is 3.04. The van der Waals surface area contributed by atoms with E-state index in [1.54, 1.807) is 24.3 Å². The molecule has 5 heteroatoms. The van der Waals surface area contributed by atoms with Gasteiger partial charge >= 0.3 is 5.97 Å². The van der Waals surface area contributed by atoms with Crippen molar-refractivity contribution in [1.29, 1.82) is 0 Å². The van der Waals surface area contributed by atoms with Gasteiger partial charge in [-0.05, 0) is 12.5 Å². The second kappa shape index (κ2) is 5.10. The second-order valence-corrected chi connectivity index (χ2v) is 6.55. The molecule has 126 valence electrons. The molecular weight excluding hydrogens is 318 g/mol. The van der Waals surface area contributed by atoms with Crippen molar-refractivity contribution in [2.24, 2.45) is 10.4 Å². The van der Waals surface area contributed by atoms with Crippen molar-refractivity contribution in [3.63, 3.8) is 0 Å². The lowest BCUT2D eigenvalue weighted by Crippen LogP contribution is -2.48. The van der Waals surface area contributed by atoms with Gasteiger partial charge in [0.05, 0.1) is 7.11 Å². The van der Waals surface area contributed by atoms with Gasteiger partial charge in [0, 0.05) is 23.3 Å². The number of rotatable bonds is 2. The van der Waals surface area contributed by atoms with Crippen LogP contribution in [0.25, 0.3) is 0 Å². The maximum atomic E-state index is 13.1. The molecule has 1 aliphatic heterocycles. The lowest BCUT2D eigenvalue weighted by molar-refractivity contribution is -0.162. The van der Waals surface area contributed by atoms with Crippen molar-refractivity contribution in [3.05, 3.63) is 70.8 Å². The van der Waals surface area contributed by atoms with E-state index >= 15 is 0 Å². The highest BCUT2D eigenvalue weighted by Gasteiger charge is 2.71. The van der Waals surface area contributed by atoms with Crippen LogP contribution in [-0.2, 0) is 15.3 Å². The molecule has 1 heterocycles. The largest absolute Gasteiger partial charge is 0.468 e. The molecule has 0 saturated carbocycles. The third-order valence-electron chi connectivity index (χ3n) is 5.18. The molecule has 5 nitrogen and oxygen atoms in total. The number of methoxy groups -OCH3 is 1. The third kappa shape index (κ3) is 1.84. The first-order valence-corrected chi connectivity index (χ1v) is 8.05. The number of esters is 1. The van der Waals surface area contributed by atoms with Crippen molar-refractivity contribution in [3.8, 4) is 0 Å². The number of ketones is 1.